The summed E-state index contributed by atoms with van der Waals surface area (Å²) >= 11 is 6.08. The van der Waals surface area contributed by atoms with Crippen LogP contribution in [-0.4, -0.2) is 52.4 Å². The van der Waals surface area contributed by atoms with Gasteiger partial charge in [0.25, 0.3) is 0 Å². The molecule has 4 aromatic rings. The summed E-state index contributed by atoms with van der Waals surface area (Å²) in [5, 5.41) is 25.0. The van der Waals surface area contributed by atoms with E-state index in [-0.39, 0.29) is 24.7 Å². The van der Waals surface area contributed by atoms with Crippen molar-refractivity contribution in [1.29, 1.82) is 0 Å². The van der Waals surface area contributed by atoms with E-state index in [0.29, 0.717) is 18.1 Å². The molecule has 0 aliphatic heterocycles. The standard InChI is InChI=1S/C24H24ClF2N7O/c25-18-3-1-2-17(8-18)10-33-12-20(30-31-33)11-32(21-5-6-21)13-24(35,14-34-16-28-15-29-34)22-7-4-19(26)9-23(22)27/h1-4,7-9,12,15-16,21,35H,5-6,10-11,13-14H2. The maximum atomic E-state index is 14.8. The third kappa shape index (κ3) is 5.72. The molecule has 0 spiro atoms. The largest absolute Gasteiger partial charge is 0.382 e. The maximum Gasteiger partial charge on any atom is 0.137 e. The van der Waals surface area contributed by atoms with Crippen molar-refractivity contribution >= 4 is 11.6 Å². The van der Waals surface area contributed by atoms with E-state index in [1.54, 1.807) is 4.68 Å². The molecule has 35 heavy (non-hydrogen) atoms. The van der Waals surface area contributed by atoms with Crippen molar-refractivity contribution in [3.63, 3.8) is 0 Å². The van der Waals surface area contributed by atoms with Crippen LogP contribution in [0.25, 0.3) is 0 Å². The molecule has 1 aliphatic carbocycles. The molecule has 182 valence electrons. The fourth-order valence-corrected chi connectivity index (χ4v) is 4.49. The van der Waals surface area contributed by atoms with Crippen molar-refractivity contribution in [3.05, 3.63) is 94.8 Å². The summed E-state index contributed by atoms with van der Waals surface area (Å²) in [7, 11) is 0. The van der Waals surface area contributed by atoms with E-state index in [9.17, 15) is 13.9 Å². The first kappa shape index (κ1) is 23.5. The zero-order valence-electron chi connectivity index (χ0n) is 18.8. The number of hydrogen-bond acceptors (Lipinski definition) is 6. The van der Waals surface area contributed by atoms with Gasteiger partial charge in [-0.2, -0.15) is 5.10 Å². The van der Waals surface area contributed by atoms with Crippen LogP contribution < -0.4 is 0 Å². The molecule has 8 nitrogen and oxygen atoms in total. The molecule has 2 aromatic carbocycles. The van der Waals surface area contributed by atoms with Gasteiger partial charge in [0.15, 0.2) is 0 Å². The normalized spacial score (nSPS) is 15.5. The van der Waals surface area contributed by atoms with Gasteiger partial charge in [0.1, 0.15) is 29.9 Å². The minimum Gasteiger partial charge on any atom is -0.382 e. The Morgan fingerprint density at radius 3 is 2.71 bits per heavy atom. The first-order chi connectivity index (χ1) is 16.9. The predicted octanol–water partition coefficient (Wildman–Crippen LogP) is 3.40. The third-order valence-corrected chi connectivity index (χ3v) is 6.27. The number of aromatic nitrogens is 6. The number of hydrogen-bond donors (Lipinski definition) is 1. The maximum absolute atomic E-state index is 14.8. The molecule has 1 unspecified atom stereocenters. The average molecular weight is 500 g/mol. The highest BCUT2D eigenvalue weighted by molar-refractivity contribution is 6.30. The fraction of sp³-hybridized carbons (Fsp3) is 0.333. The van der Waals surface area contributed by atoms with E-state index in [1.807, 2.05) is 30.5 Å². The van der Waals surface area contributed by atoms with Crippen LogP contribution in [0.5, 0.6) is 0 Å². The van der Waals surface area contributed by atoms with E-state index < -0.39 is 17.2 Å². The predicted molar refractivity (Wildman–Crippen MR) is 124 cm³/mol. The van der Waals surface area contributed by atoms with Gasteiger partial charge in [0, 0.05) is 35.8 Å². The number of nitrogens with zero attached hydrogens (tertiary/aromatic N) is 7. The molecule has 1 fully saturated rings. The van der Waals surface area contributed by atoms with Gasteiger partial charge >= 0.3 is 0 Å². The van der Waals surface area contributed by atoms with Gasteiger partial charge in [-0.05, 0) is 36.6 Å². The molecule has 5 rings (SSSR count). The van der Waals surface area contributed by atoms with Crippen LogP contribution in [0.4, 0.5) is 8.78 Å². The molecule has 11 heteroatoms. The molecule has 0 saturated heterocycles. The number of rotatable bonds is 10. The highest BCUT2D eigenvalue weighted by Crippen LogP contribution is 2.34. The highest BCUT2D eigenvalue weighted by Gasteiger charge is 2.40. The molecular weight excluding hydrogens is 476 g/mol. The van der Waals surface area contributed by atoms with Gasteiger partial charge < -0.3 is 5.11 Å². The van der Waals surface area contributed by atoms with E-state index in [1.165, 1.54) is 23.4 Å². The molecule has 1 aliphatic rings. The Labute approximate surface area is 205 Å². The highest BCUT2D eigenvalue weighted by atomic mass is 35.5. The van der Waals surface area contributed by atoms with Crippen molar-refractivity contribution in [3.8, 4) is 0 Å². The zero-order chi connectivity index (χ0) is 24.4. The Kier molecular flexibility index (Phi) is 6.59. The Balaban J connectivity index is 1.37. The second kappa shape index (κ2) is 9.80. The first-order valence-electron chi connectivity index (χ1n) is 11.3. The van der Waals surface area contributed by atoms with Gasteiger partial charge in [0.05, 0.1) is 25.0 Å². The lowest BCUT2D eigenvalue weighted by Crippen LogP contribution is -2.45. The first-order valence-corrected chi connectivity index (χ1v) is 11.6. The summed E-state index contributed by atoms with van der Waals surface area (Å²) in [6, 6.07) is 11.0. The summed E-state index contributed by atoms with van der Waals surface area (Å²) in [6.07, 6.45) is 6.57. The Bertz CT molecular complexity index is 1290. The summed E-state index contributed by atoms with van der Waals surface area (Å²) in [5.74, 6) is -1.51. The number of benzene rings is 2. The van der Waals surface area contributed by atoms with Gasteiger partial charge in [0.2, 0.25) is 0 Å². The van der Waals surface area contributed by atoms with Gasteiger partial charge in [-0.25, -0.2) is 23.1 Å². The number of halogens is 3. The van der Waals surface area contributed by atoms with Crippen LogP contribution in [-0.2, 0) is 25.2 Å². The van der Waals surface area contributed by atoms with E-state index in [2.05, 4.69) is 25.3 Å². The molecule has 2 aromatic heterocycles. The van der Waals surface area contributed by atoms with Crippen LogP contribution in [0.1, 0.15) is 29.7 Å². The summed E-state index contributed by atoms with van der Waals surface area (Å²) in [6.45, 7) is 0.998. The van der Waals surface area contributed by atoms with Gasteiger partial charge in [-0.15, -0.1) is 5.10 Å². The molecule has 1 saturated carbocycles. The van der Waals surface area contributed by atoms with Crippen LogP contribution in [0.2, 0.25) is 5.02 Å². The van der Waals surface area contributed by atoms with Crippen molar-refractivity contribution < 1.29 is 13.9 Å². The van der Waals surface area contributed by atoms with Crippen molar-refractivity contribution in [1.82, 2.24) is 34.7 Å². The fourth-order valence-electron chi connectivity index (χ4n) is 4.28. The topological polar surface area (TPSA) is 84.9 Å². The molecule has 1 N–H and O–H groups in total. The average Bonchev–Trinajstić information content (AvgIpc) is 3.37. The monoisotopic (exact) mass is 499 g/mol. The SMILES string of the molecule is OC(CN(Cc1cn(Cc2cccc(Cl)c2)nn1)C1CC1)(Cn1cncn1)c1ccc(F)cc1F. The summed E-state index contributed by atoms with van der Waals surface area (Å²) in [5.41, 5.74) is 0.0541. The van der Waals surface area contributed by atoms with Crippen molar-refractivity contribution in [2.75, 3.05) is 6.54 Å². The minimum absolute atomic E-state index is 0.00432. The smallest absolute Gasteiger partial charge is 0.137 e. The van der Waals surface area contributed by atoms with Crippen LogP contribution >= 0.6 is 11.6 Å². The van der Waals surface area contributed by atoms with Crippen molar-refractivity contribution in [2.24, 2.45) is 0 Å². The van der Waals surface area contributed by atoms with E-state index in [4.69, 9.17) is 11.6 Å². The summed E-state index contributed by atoms with van der Waals surface area (Å²) < 4.78 is 31.6. The lowest BCUT2D eigenvalue weighted by atomic mass is 9.92. The van der Waals surface area contributed by atoms with Crippen LogP contribution in [0, 0.1) is 11.6 Å². The lowest BCUT2D eigenvalue weighted by molar-refractivity contribution is -0.0262. The van der Waals surface area contributed by atoms with E-state index in [0.717, 1.165) is 36.2 Å². The Morgan fingerprint density at radius 2 is 2.00 bits per heavy atom. The second-order valence-corrected chi connectivity index (χ2v) is 9.36. The van der Waals surface area contributed by atoms with Gasteiger partial charge in [-0.3, -0.25) is 4.90 Å². The summed E-state index contributed by atoms with van der Waals surface area (Å²) in [4.78, 5) is 5.98. The molecule has 1 atom stereocenters. The van der Waals surface area contributed by atoms with Crippen molar-refractivity contribution in [2.45, 2.75) is 44.1 Å². The zero-order valence-corrected chi connectivity index (χ0v) is 19.6. The molecule has 0 amide bonds. The lowest BCUT2D eigenvalue weighted by Gasteiger charge is -2.34. The molecule has 2 heterocycles. The molecular formula is C24H24ClF2N7O. The molecule has 0 bridgehead atoms. The third-order valence-electron chi connectivity index (χ3n) is 6.04. The number of aliphatic hydroxyl groups is 1. The molecule has 0 radical (unpaired) electrons. The van der Waals surface area contributed by atoms with Gasteiger partial charge in [-0.1, -0.05) is 35.0 Å². The minimum atomic E-state index is -1.68. The Morgan fingerprint density at radius 1 is 1.14 bits per heavy atom. The quantitative estimate of drug-likeness (QED) is 0.360. The van der Waals surface area contributed by atoms with Crippen LogP contribution in [0.15, 0.2) is 61.3 Å². The van der Waals surface area contributed by atoms with Crippen LogP contribution in [0.3, 0.4) is 0 Å². The van der Waals surface area contributed by atoms with E-state index >= 15 is 0 Å². The Hall–Kier alpha value is -3.21. The second-order valence-electron chi connectivity index (χ2n) is 8.92.